The van der Waals surface area contributed by atoms with Crippen molar-refractivity contribution in [1.82, 2.24) is 4.98 Å². The van der Waals surface area contributed by atoms with E-state index in [4.69, 9.17) is 4.74 Å². The zero-order chi connectivity index (χ0) is 18.4. The van der Waals surface area contributed by atoms with Gasteiger partial charge in [0, 0.05) is 28.4 Å². The first-order chi connectivity index (χ1) is 12.7. The quantitative estimate of drug-likeness (QED) is 0.689. The maximum absolute atomic E-state index is 12.4. The molecule has 0 aliphatic heterocycles. The van der Waals surface area contributed by atoms with Crippen molar-refractivity contribution in [3.63, 3.8) is 0 Å². The maximum Gasteiger partial charge on any atom is 0.257 e. The van der Waals surface area contributed by atoms with Crippen LogP contribution >= 0.6 is 11.3 Å². The number of benzene rings is 2. The van der Waals surface area contributed by atoms with Crippen molar-refractivity contribution in [2.24, 2.45) is 0 Å². The Bertz CT molecular complexity index is 893. The molecule has 0 radical (unpaired) electrons. The summed E-state index contributed by atoms with van der Waals surface area (Å²) in [7, 11) is 0. The van der Waals surface area contributed by atoms with Crippen LogP contribution in [0.3, 0.4) is 0 Å². The number of amides is 2. The molecule has 0 bridgehead atoms. The highest BCUT2D eigenvalue weighted by Gasteiger charge is 2.10. The van der Waals surface area contributed by atoms with E-state index in [1.165, 1.54) is 11.3 Å². The van der Waals surface area contributed by atoms with Gasteiger partial charge in [-0.2, -0.15) is 0 Å². The number of ether oxygens (including phenoxy) is 1. The molecule has 0 saturated carbocycles. The third-order valence-electron chi connectivity index (χ3n) is 3.46. The molecule has 3 aromatic rings. The summed E-state index contributed by atoms with van der Waals surface area (Å²) >= 11 is 1.34. The fraction of sp³-hybridized carbons (Fsp3) is 0.105. The van der Waals surface area contributed by atoms with Crippen LogP contribution < -0.4 is 15.4 Å². The van der Waals surface area contributed by atoms with Gasteiger partial charge in [0.25, 0.3) is 11.8 Å². The lowest BCUT2D eigenvalue weighted by Gasteiger charge is -2.08. The summed E-state index contributed by atoms with van der Waals surface area (Å²) < 4.78 is 5.36. The molecule has 0 atom stereocenters. The van der Waals surface area contributed by atoms with Gasteiger partial charge in [-0.15, -0.1) is 11.3 Å². The van der Waals surface area contributed by atoms with Gasteiger partial charge in [0.15, 0.2) is 5.13 Å². The Balaban J connectivity index is 1.67. The van der Waals surface area contributed by atoms with Crippen molar-refractivity contribution in [2.75, 3.05) is 17.2 Å². The molecule has 3 rings (SSSR count). The molecule has 0 unspecified atom stereocenters. The first-order valence-electron chi connectivity index (χ1n) is 8.01. The smallest absolute Gasteiger partial charge is 0.257 e. The highest BCUT2D eigenvalue weighted by atomic mass is 32.1. The number of anilines is 2. The predicted octanol–water partition coefficient (Wildman–Crippen LogP) is 4.05. The van der Waals surface area contributed by atoms with Crippen LogP contribution in [0.5, 0.6) is 5.75 Å². The van der Waals surface area contributed by atoms with E-state index in [0.717, 1.165) is 0 Å². The van der Waals surface area contributed by atoms with Crippen molar-refractivity contribution < 1.29 is 14.3 Å². The van der Waals surface area contributed by atoms with E-state index in [-0.39, 0.29) is 11.8 Å². The largest absolute Gasteiger partial charge is 0.494 e. The lowest BCUT2D eigenvalue weighted by molar-refractivity contribution is 0.101. The summed E-state index contributed by atoms with van der Waals surface area (Å²) in [6, 6.07) is 13.6. The normalized spacial score (nSPS) is 10.2. The molecular weight excluding hydrogens is 350 g/mol. The van der Waals surface area contributed by atoms with Gasteiger partial charge in [0.2, 0.25) is 0 Å². The molecule has 0 saturated heterocycles. The van der Waals surface area contributed by atoms with Gasteiger partial charge < -0.3 is 10.1 Å². The molecule has 2 amide bonds. The van der Waals surface area contributed by atoms with Crippen molar-refractivity contribution in [2.45, 2.75) is 6.92 Å². The second-order valence-electron chi connectivity index (χ2n) is 5.28. The molecule has 26 heavy (non-hydrogen) atoms. The molecule has 2 aromatic carbocycles. The third-order valence-corrected chi connectivity index (χ3v) is 4.15. The van der Waals surface area contributed by atoms with Gasteiger partial charge >= 0.3 is 0 Å². The van der Waals surface area contributed by atoms with Crippen LogP contribution in [0.15, 0.2) is 60.1 Å². The van der Waals surface area contributed by atoms with Gasteiger partial charge in [-0.3, -0.25) is 14.9 Å². The zero-order valence-electron chi connectivity index (χ0n) is 14.1. The topological polar surface area (TPSA) is 80.3 Å². The SMILES string of the molecule is CCOc1ccc(C(=O)Nc2cccc(C(=O)Nc3nccs3)c2)cc1. The maximum atomic E-state index is 12.4. The van der Waals surface area contributed by atoms with Crippen LogP contribution in [0.4, 0.5) is 10.8 Å². The van der Waals surface area contributed by atoms with E-state index in [0.29, 0.717) is 34.3 Å². The molecule has 7 heteroatoms. The van der Waals surface area contributed by atoms with Crippen LogP contribution in [-0.4, -0.2) is 23.4 Å². The molecule has 1 aromatic heterocycles. The van der Waals surface area contributed by atoms with E-state index < -0.39 is 0 Å². The Morgan fingerprint density at radius 1 is 1.04 bits per heavy atom. The van der Waals surface area contributed by atoms with Gasteiger partial charge in [-0.1, -0.05) is 6.07 Å². The number of carbonyl (C=O) groups excluding carboxylic acids is 2. The van der Waals surface area contributed by atoms with Crippen molar-refractivity contribution >= 4 is 34.0 Å². The molecule has 0 spiro atoms. The van der Waals surface area contributed by atoms with Gasteiger partial charge in [0.1, 0.15) is 5.75 Å². The standard InChI is InChI=1S/C19H17N3O3S/c1-2-25-16-8-6-13(7-9-16)17(23)21-15-5-3-4-14(12-15)18(24)22-19-20-10-11-26-19/h3-12H,2H2,1H3,(H,21,23)(H,20,22,24). The van der Waals surface area contributed by atoms with Crippen LogP contribution in [-0.2, 0) is 0 Å². The summed E-state index contributed by atoms with van der Waals surface area (Å²) in [4.78, 5) is 28.6. The fourth-order valence-corrected chi connectivity index (χ4v) is 2.79. The predicted molar refractivity (Wildman–Crippen MR) is 102 cm³/mol. The highest BCUT2D eigenvalue weighted by molar-refractivity contribution is 7.13. The fourth-order valence-electron chi connectivity index (χ4n) is 2.27. The van der Waals surface area contributed by atoms with Gasteiger partial charge in [0.05, 0.1) is 6.61 Å². The number of nitrogens with one attached hydrogen (secondary N) is 2. The third kappa shape index (κ3) is 4.46. The number of nitrogens with zero attached hydrogens (tertiary/aromatic N) is 1. The Kier molecular flexibility index (Phi) is 5.60. The first-order valence-corrected chi connectivity index (χ1v) is 8.89. The molecule has 132 valence electrons. The minimum atomic E-state index is -0.280. The average Bonchev–Trinajstić information content (AvgIpc) is 3.16. The second-order valence-corrected chi connectivity index (χ2v) is 6.18. The Labute approximate surface area is 154 Å². The van der Waals surface area contributed by atoms with Crippen LogP contribution in [0.1, 0.15) is 27.6 Å². The molecule has 6 nitrogen and oxygen atoms in total. The van der Waals surface area contributed by atoms with Crippen LogP contribution in [0.2, 0.25) is 0 Å². The Morgan fingerprint density at radius 2 is 1.81 bits per heavy atom. The van der Waals surface area contributed by atoms with E-state index >= 15 is 0 Å². The average molecular weight is 367 g/mol. The van der Waals surface area contributed by atoms with E-state index in [9.17, 15) is 9.59 Å². The number of hydrogen-bond donors (Lipinski definition) is 2. The monoisotopic (exact) mass is 367 g/mol. The van der Waals surface area contributed by atoms with Gasteiger partial charge in [-0.25, -0.2) is 4.98 Å². The zero-order valence-corrected chi connectivity index (χ0v) is 14.9. The molecule has 0 aliphatic rings. The summed E-state index contributed by atoms with van der Waals surface area (Å²) in [6.07, 6.45) is 1.62. The lowest BCUT2D eigenvalue weighted by atomic mass is 10.1. The number of rotatable bonds is 6. The molecule has 2 N–H and O–H groups in total. The molecular formula is C19H17N3O3S. The second kappa shape index (κ2) is 8.26. The summed E-state index contributed by atoms with van der Waals surface area (Å²) in [5.41, 5.74) is 1.48. The minimum absolute atomic E-state index is 0.259. The molecule has 0 aliphatic carbocycles. The van der Waals surface area contributed by atoms with E-state index in [1.54, 1.807) is 60.1 Å². The number of aromatic nitrogens is 1. The lowest BCUT2D eigenvalue weighted by Crippen LogP contribution is -2.14. The van der Waals surface area contributed by atoms with Crippen molar-refractivity contribution in [3.8, 4) is 5.75 Å². The van der Waals surface area contributed by atoms with Gasteiger partial charge in [-0.05, 0) is 49.4 Å². The van der Waals surface area contributed by atoms with E-state index in [2.05, 4.69) is 15.6 Å². The summed E-state index contributed by atoms with van der Waals surface area (Å²) in [5, 5.41) is 7.81. The molecule has 1 heterocycles. The van der Waals surface area contributed by atoms with Crippen molar-refractivity contribution in [1.29, 1.82) is 0 Å². The summed E-state index contributed by atoms with van der Waals surface area (Å²) in [5.74, 6) is 0.174. The van der Waals surface area contributed by atoms with Crippen molar-refractivity contribution in [3.05, 3.63) is 71.2 Å². The first kappa shape index (κ1) is 17.6. The minimum Gasteiger partial charge on any atom is -0.494 e. The Hall–Kier alpha value is -3.19. The Morgan fingerprint density at radius 3 is 2.50 bits per heavy atom. The number of carbonyl (C=O) groups is 2. The molecule has 0 fully saturated rings. The summed E-state index contributed by atoms with van der Waals surface area (Å²) in [6.45, 7) is 2.47. The number of hydrogen-bond acceptors (Lipinski definition) is 5. The van der Waals surface area contributed by atoms with E-state index in [1.807, 2.05) is 6.92 Å². The highest BCUT2D eigenvalue weighted by Crippen LogP contribution is 2.17. The van der Waals surface area contributed by atoms with Crippen LogP contribution in [0, 0.1) is 0 Å². The number of thiazole rings is 1. The van der Waals surface area contributed by atoms with Crippen LogP contribution in [0.25, 0.3) is 0 Å².